The van der Waals surface area contributed by atoms with Crippen molar-refractivity contribution in [3.63, 3.8) is 0 Å². The highest BCUT2D eigenvalue weighted by Gasteiger charge is 2.26. The fraction of sp³-hybridized carbons (Fsp3) is 0.318. The van der Waals surface area contributed by atoms with Crippen molar-refractivity contribution in [3.05, 3.63) is 60.4 Å². The zero-order valence-corrected chi connectivity index (χ0v) is 19.4. The number of aryl methyl sites for hydroxylation is 1. The van der Waals surface area contributed by atoms with Crippen molar-refractivity contribution in [1.82, 2.24) is 19.1 Å². The van der Waals surface area contributed by atoms with E-state index in [0.29, 0.717) is 23.9 Å². The van der Waals surface area contributed by atoms with Gasteiger partial charge in [-0.15, -0.1) is 0 Å². The second-order valence-corrected chi connectivity index (χ2v) is 10.5. The molecule has 32 heavy (non-hydrogen) atoms. The molecule has 1 amide bonds. The van der Waals surface area contributed by atoms with Crippen LogP contribution in [0.1, 0.15) is 25.0 Å². The summed E-state index contributed by atoms with van der Waals surface area (Å²) >= 11 is 1.25. The highest BCUT2D eigenvalue weighted by Crippen LogP contribution is 2.23. The van der Waals surface area contributed by atoms with Gasteiger partial charge in [-0.05, 0) is 44.0 Å². The van der Waals surface area contributed by atoms with E-state index in [1.807, 2.05) is 43.3 Å². The Hall–Kier alpha value is -2.69. The van der Waals surface area contributed by atoms with Gasteiger partial charge in [-0.2, -0.15) is 9.40 Å². The maximum atomic E-state index is 12.7. The van der Waals surface area contributed by atoms with Gasteiger partial charge in [0.1, 0.15) is 10.7 Å². The quantitative estimate of drug-likeness (QED) is 0.530. The van der Waals surface area contributed by atoms with Gasteiger partial charge in [0.25, 0.3) is 0 Å². The van der Waals surface area contributed by atoms with Crippen LogP contribution >= 0.6 is 11.8 Å². The highest BCUT2D eigenvalue weighted by molar-refractivity contribution is 7.99. The summed E-state index contributed by atoms with van der Waals surface area (Å²) in [4.78, 5) is 16.9. The third-order valence-electron chi connectivity index (χ3n) is 5.11. The lowest BCUT2D eigenvalue weighted by atomic mass is 10.2. The fourth-order valence-electron chi connectivity index (χ4n) is 3.53. The molecule has 1 aromatic carbocycles. The van der Waals surface area contributed by atoms with Crippen LogP contribution in [0.25, 0.3) is 5.69 Å². The minimum atomic E-state index is -3.51. The van der Waals surface area contributed by atoms with E-state index in [-0.39, 0.29) is 16.6 Å². The van der Waals surface area contributed by atoms with E-state index in [0.717, 1.165) is 30.6 Å². The molecule has 8 nitrogen and oxygen atoms in total. The van der Waals surface area contributed by atoms with Crippen LogP contribution in [-0.4, -0.2) is 52.2 Å². The summed E-state index contributed by atoms with van der Waals surface area (Å²) in [6.07, 6.45) is 4.21. The summed E-state index contributed by atoms with van der Waals surface area (Å²) in [5, 5.41) is 7.92. The lowest BCUT2D eigenvalue weighted by Crippen LogP contribution is -2.35. The number of sulfonamides is 1. The van der Waals surface area contributed by atoms with Gasteiger partial charge in [-0.1, -0.05) is 36.4 Å². The Labute approximate surface area is 192 Å². The minimum Gasteiger partial charge on any atom is -0.310 e. The Balaban J connectivity index is 1.37. The van der Waals surface area contributed by atoms with Crippen molar-refractivity contribution < 1.29 is 13.2 Å². The average molecular weight is 472 g/mol. The minimum absolute atomic E-state index is 0.143. The van der Waals surface area contributed by atoms with Gasteiger partial charge in [0.05, 0.1) is 22.2 Å². The number of carbonyl (C=O) groups excluding carboxylic acids is 1. The second kappa shape index (κ2) is 9.85. The lowest BCUT2D eigenvalue weighted by Gasteiger charge is -2.25. The van der Waals surface area contributed by atoms with Crippen LogP contribution in [-0.2, 0) is 14.8 Å². The van der Waals surface area contributed by atoms with Crippen LogP contribution < -0.4 is 5.32 Å². The normalized spacial score (nSPS) is 14.9. The van der Waals surface area contributed by atoms with Crippen LogP contribution in [0, 0.1) is 6.92 Å². The second-order valence-electron chi connectivity index (χ2n) is 7.55. The van der Waals surface area contributed by atoms with Crippen molar-refractivity contribution in [1.29, 1.82) is 0 Å². The number of pyridine rings is 1. The Bertz CT molecular complexity index is 1170. The van der Waals surface area contributed by atoms with Crippen LogP contribution in [0.3, 0.4) is 0 Å². The third kappa shape index (κ3) is 5.20. The first-order chi connectivity index (χ1) is 15.4. The number of hydrogen-bond acceptors (Lipinski definition) is 6. The van der Waals surface area contributed by atoms with Gasteiger partial charge in [0.15, 0.2) is 0 Å². The van der Waals surface area contributed by atoms with Crippen molar-refractivity contribution in [2.75, 3.05) is 24.2 Å². The van der Waals surface area contributed by atoms with Crippen LogP contribution in [0.2, 0.25) is 0 Å². The molecular weight excluding hydrogens is 446 g/mol. The Morgan fingerprint density at radius 3 is 2.53 bits per heavy atom. The van der Waals surface area contributed by atoms with Crippen LogP contribution in [0.4, 0.5) is 5.82 Å². The van der Waals surface area contributed by atoms with Gasteiger partial charge in [-0.25, -0.2) is 18.1 Å². The van der Waals surface area contributed by atoms with E-state index in [9.17, 15) is 13.2 Å². The largest absolute Gasteiger partial charge is 0.310 e. The molecular formula is C22H25N5O3S2. The molecule has 1 aliphatic heterocycles. The Morgan fingerprint density at radius 2 is 1.84 bits per heavy atom. The summed E-state index contributed by atoms with van der Waals surface area (Å²) in [6, 6.07) is 14.6. The van der Waals surface area contributed by atoms with Crippen molar-refractivity contribution in [2.24, 2.45) is 0 Å². The molecule has 0 saturated carbocycles. The number of nitrogens with one attached hydrogen (secondary N) is 1. The van der Waals surface area contributed by atoms with Crippen molar-refractivity contribution >= 4 is 33.5 Å². The van der Waals surface area contributed by atoms with E-state index in [1.54, 1.807) is 16.8 Å². The molecule has 4 rings (SSSR count). The van der Waals surface area contributed by atoms with E-state index < -0.39 is 10.0 Å². The first-order valence-electron chi connectivity index (χ1n) is 10.4. The van der Waals surface area contributed by atoms with E-state index in [1.165, 1.54) is 22.3 Å². The maximum Gasteiger partial charge on any atom is 0.244 e. The van der Waals surface area contributed by atoms with Gasteiger partial charge in [0, 0.05) is 25.4 Å². The predicted octanol–water partition coefficient (Wildman–Crippen LogP) is 3.48. The summed E-state index contributed by atoms with van der Waals surface area (Å²) < 4.78 is 28.7. The molecule has 1 fully saturated rings. The first kappa shape index (κ1) is 22.5. The molecule has 0 radical (unpaired) electrons. The monoisotopic (exact) mass is 471 g/mol. The van der Waals surface area contributed by atoms with E-state index >= 15 is 0 Å². The molecule has 0 unspecified atom stereocenters. The van der Waals surface area contributed by atoms with Crippen LogP contribution in [0.5, 0.6) is 0 Å². The standard InChI is InChI=1S/C22H25N5O3S2/c1-17-14-20(27(25-17)18-8-4-2-5-9-18)24-21(28)16-31-22-11-10-19(15-23-22)32(29,30)26-12-6-3-7-13-26/h2,4-5,8-11,14-15H,3,6-7,12-13,16H2,1H3,(H,24,28). The SMILES string of the molecule is Cc1cc(NC(=O)CSc2ccc(S(=O)(=O)N3CCCCC3)cn2)n(-c2ccccc2)n1. The molecule has 0 spiro atoms. The number of para-hydroxylation sites is 1. The number of carbonyl (C=O) groups is 1. The van der Waals surface area contributed by atoms with Crippen LogP contribution in [0.15, 0.2) is 64.6 Å². The summed E-state index contributed by atoms with van der Waals surface area (Å²) in [5.41, 5.74) is 1.65. The number of hydrogen-bond donors (Lipinski definition) is 1. The number of rotatable bonds is 7. The number of piperidine rings is 1. The molecule has 3 aromatic rings. The number of anilines is 1. The molecule has 0 bridgehead atoms. The zero-order chi connectivity index (χ0) is 22.6. The molecule has 0 aliphatic carbocycles. The molecule has 168 valence electrons. The number of aromatic nitrogens is 3. The predicted molar refractivity (Wildman–Crippen MR) is 125 cm³/mol. The first-order valence-corrected chi connectivity index (χ1v) is 12.9. The number of nitrogens with zero attached hydrogens (tertiary/aromatic N) is 4. The van der Waals surface area contributed by atoms with Gasteiger partial charge >= 0.3 is 0 Å². The molecule has 2 aromatic heterocycles. The molecule has 1 N–H and O–H groups in total. The Kier molecular flexibility index (Phi) is 6.92. The number of amides is 1. The summed E-state index contributed by atoms with van der Waals surface area (Å²) in [6.45, 7) is 2.98. The van der Waals surface area contributed by atoms with Crippen molar-refractivity contribution in [3.8, 4) is 5.69 Å². The highest BCUT2D eigenvalue weighted by atomic mass is 32.2. The smallest absolute Gasteiger partial charge is 0.244 e. The third-order valence-corrected chi connectivity index (χ3v) is 7.94. The molecule has 3 heterocycles. The lowest BCUT2D eigenvalue weighted by molar-refractivity contribution is -0.113. The summed E-state index contributed by atoms with van der Waals surface area (Å²) in [5.74, 6) is 0.540. The van der Waals surface area contributed by atoms with Gasteiger partial charge in [0.2, 0.25) is 15.9 Å². The fourth-order valence-corrected chi connectivity index (χ4v) is 5.64. The number of benzene rings is 1. The van der Waals surface area contributed by atoms with Gasteiger partial charge < -0.3 is 5.32 Å². The average Bonchev–Trinajstić information content (AvgIpc) is 3.19. The van der Waals surface area contributed by atoms with E-state index in [2.05, 4.69) is 15.4 Å². The topological polar surface area (TPSA) is 97.2 Å². The Morgan fingerprint density at radius 1 is 1.09 bits per heavy atom. The van der Waals surface area contributed by atoms with Gasteiger partial charge in [-0.3, -0.25) is 4.79 Å². The van der Waals surface area contributed by atoms with Crippen molar-refractivity contribution in [2.45, 2.75) is 36.1 Å². The van der Waals surface area contributed by atoms with E-state index in [4.69, 9.17) is 0 Å². The summed E-state index contributed by atoms with van der Waals surface area (Å²) in [7, 11) is -3.51. The maximum absolute atomic E-state index is 12.7. The molecule has 10 heteroatoms. The zero-order valence-electron chi connectivity index (χ0n) is 17.8. The molecule has 1 saturated heterocycles. The molecule has 1 aliphatic rings. The molecule has 0 atom stereocenters. The number of thioether (sulfide) groups is 1.